The van der Waals surface area contributed by atoms with Crippen molar-refractivity contribution in [3.8, 4) is 6.07 Å². The van der Waals surface area contributed by atoms with Gasteiger partial charge in [-0.15, -0.1) is 0 Å². The molecule has 1 aromatic heterocycles. The highest BCUT2D eigenvalue weighted by Gasteiger charge is 2.19. The zero-order valence-corrected chi connectivity index (χ0v) is 11.3. The molecule has 2 rings (SSSR count). The smallest absolute Gasteiger partial charge is 0.258 e. The summed E-state index contributed by atoms with van der Waals surface area (Å²) in [5.41, 5.74) is 0.283. The Hall–Kier alpha value is -1.49. The van der Waals surface area contributed by atoms with Crippen LogP contribution < -0.4 is 10.0 Å². The fourth-order valence-corrected chi connectivity index (χ4v) is 3.06. The summed E-state index contributed by atoms with van der Waals surface area (Å²) in [6.07, 6.45) is 4.54. The first kappa shape index (κ1) is 13.9. The van der Waals surface area contributed by atoms with Gasteiger partial charge in [-0.3, -0.25) is 0 Å². The monoisotopic (exact) mass is 280 g/mol. The summed E-state index contributed by atoms with van der Waals surface area (Å²) in [4.78, 5) is 3.80. The Labute approximate surface area is 112 Å². The van der Waals surface area contributed by atoms with Crippen LogP contribution in [0.4, 0.5) is 0 Å². The lowest BCUT2D eigenvalue weighted by molar-refractivity contribution is 0.398. The molecule has 0 unspecified atom stereocenters. The summed E-state index contributed by atoms with van der Waals surface area (Å²) in [6, 6.07) is 4.82. The van der Waals surface area contributed by atoms with Crippen molar-refractivity contribution in [2.45, 2.75) is 30.3 Å². The van der Waals surface area contributed by atoms with Crippen molar-refractivity contribution in [2.24, 2.45) is 0 Å². The molecule has 1 aliphatic heterocycles. The van der Waals surface area contributed by atoms with Crippen LogP contribution >= 0.6 is 0 Å². The molecule has 1 atom stereocenters. The first-order chi connectivity index (χ1) is 9.12. The minimum absolute atomic E-state index is 0.109. The van der Waals surface area contributed by atoms with Gasteiger partial charge in [0.2, 0.25) is 0 Å². The molecule has 0 amide bonds. The lowest BCUT2D eigenvalue weighted by Gasteiger charge is -2.23. The lowest BCUT2D eigenvalue weighted by Crippen LogP contribution is -2.43. The van der Waals surface area contributed by atoms with Crippen LogP contribution in [-0.4, -0.2) is 32.5 Å². The quantitative estimate of drug-likeness (QED) is 0.831. The van der Waals surface area contributed by atoms with Gasteiger partial charge >= 0.3 is 0 Å². The molecule has 2 heterocycles. The summed E-state index contributed by atoms with van der Waals surface area (Å²) in [5.74, 6) is 0. The topological polar surface area (TPSA) is 94.9 Å². The van der Waals surface area contributed by atoms with Crippen molar-refractivity contribution in [2.75, 3.05) is 13.1 Å². The van der Waals surface area contributed by atoms with E-state index >= 15 is 0 Å². The Kier molecular flexibility index (Phi) is 4.47. The second-order valence-corrected chi connectivity index (χ2v) is 6.21. The van der Waals surface area contributed by atoms with Gasteiger partial charge < -0.3 is 5.32 Å². The number of hydrogen-bond donors (Lipinski definition) is 2. The fraction of sp³-hybridized carbons (Fsp3) is 0.500. The Morgan fingerprint density at radius 2 is 2.37 bits per heavy atom. The van der Waals surface area contributed by atoms with E-state index in [4.69, 9.17) is 5.26 Å². The number of hydrogen-bond acceptors (Lipinski definition) is 5. The highest BCUT2D eigenvalue weighted by molar-refractivity contribution is 7.89. The fourth-order valence-electron chi connectivity index (χ4n) is 2.01. The molecule has 0 bridgehead atoms. The van der Waals surface area contributed by atoms with Gasteiger partial charge in [0.1, 0.15) is 0 Å². The van der Waals surface area contributed by atoms with Gasteiger partial charge in [0.15, 0.2) is 5.03 Å². The maximum absolute atomic E-state index is 12.0. The summed E-state index contributed by atoms with van der Waals surface area (Å²) in [6.45, 7) is 1.27. The van der Waals surface area contributed by atoms with E-state index < -0.39 is 10.0 Å². The summed E-state index contributed by atoms with van der Waals surface area (Å²) in [5, 5.41) is 11.9. The minimum atomic E-state index is -3.64. The van der Waals surface area contributed by atoms with Gasteiger partial charge in [-0.1, -0.05) is 6.42 Å². The average molecular weight is 280 g/mol. The molecule has 0 saturated carbocycles. The number of nitriles is 1. The van der Waals surface area contributed by atoms with Crippen molar-refractivity contribution in [3.63, 3.8) is 0 Å². The third kappa shape index (κ3) is 3.73. The molecule has 0 radical (unpaired) electrons. The van der Waals surface area contributed by atoms with Crippen LogP contribution in [-0.2, 0) is 10.0 Å². The van der Waals surface area contributed by atoms with Crippen LogP contribution in [0, 0.1) is 11.3 Å². The molecule has 19 heavy (non-hydrogen) atoms. The second kappa shape index (κ2) is 6.10. The number of nitrogens with zero attached hydrogens (tertiary/aromatic N) is 2. The number of piperidine rings is 1. The molecular weight excluding hydrogens is 264 g/mol. The number of pyridine rings is 1. The van der Waals surface area contributed by atoms with Gasteiger partial charge in [0.05, 0.1) is 11.6 Å². The zero-order valence-electron chi connectivity index (χ0n) is 10.5. The van der Waals surface area contributed by atoms with Crippen LogP contribution in [0.2, 0.25) is 0 Å². The number of rotatable bonds is 4. The molecule has 0 spiro atoms. The van der Waals surface area contributed by atoms with Crippen LogP contribution in [0.1, 0.15) is 24.8 Å². The van der Waals surface area contributed by atoms with E-state index in [2.05, 4.69) is 15.0 Å². The predicted octanol–water partition coefficient (Wildman–Crippen LogP) is 0.374. The van der Waals surface area contributed by atoms with E-state index in [0.717, 1.165) is 25.8 Å². The van der Waals surface area contributed by atoms with Crippen molar-refractivity contribution in [1.29, 1.82) is 5.26 Å². The molecule has 2 N–H and O–H groups in total. The van der Waals surface area contributed by atoms with Crippen molar-refractivity contribution >= 4 is 10.0 Å². The normalized spacial score (nSPS) is 19.8. The van der Waals surface area contributed by atoms with Crippen LogP contribution in [0.3, 0.4) is 0 Å². The molecule has 1 aliphatic rings. The van der Waals surface area contributed by atoms with E-state index in [1.54, 1.807) is 0 Å². The van der Waals surface area contributed by atoms with Crippen LogP contribution in [0.5, 0.6) is 0 Å². The molecule has 0 aliphatic carbocycles. The predicted molar refractivity (Wildman–Crippen MR) is 69.8 cm³/mol. The number of nitrogens with one attached hydrogen (secondary N) is 2. The number of aromatic nitrogens is 1. The highest BCUT2D eigenvalue weighted by atomic mass is 32.2. The Morgan fingerprint density at radius 3 is 3.05 bits per heavy atom. The maximum Gasteiger partial charge on any atom is 0.258 e. The SMILES string of the molecule is N#Cc1ccnc(S(=O)(=O)NC[C@H]2CCCCN2)c1. The minimum Gasteiger partial charge on any atom is -0.313 e. The zero-order chi connectivity index (χ0) is 13.7. The summed E-state index contributed by atoms with van der Waals surface area (Å²) < 4.78 is 26.6. The van der Waals surface area contributed by atoms with Crippen molar-refractivity contribution in [1.82, 2.24) is 15.0 Å². The molecular formula is C12H16N4O2S. The molecule has 0 aromatic carbocycles. The molecule has 1 saturated heterocycles. The molecule has 6 nitrogen and oxygen atoms in total. The highest BCUT2D eigenvalue weighted by Crippen LogP contribution is 2.09. The third-order valence-corrected chi connectivity index (χ3v) is 4.39. The Morgan fingerprint density at radius 1 is 1.53 bits per heavy atom. The standard InChI is InChI=1S/C12H16N4O2S/c13-8-10-4-6-15-12(7-10)19(17,18)16-9-11-3-1-2-5-14-11/h4,6-7,11,14,16H,1-3,5,9H2/t11-/m1/s1. The summed E-state index contributed by atoms with van der Waals surface area (Å²) >= 11 is 0. The lowest BCUT2D eigenvalue weighted by atomic mass is 10.1. The van der Waals surface area contributed by atoms with Gasteiger partial charge in [0, 0.05) is 18.8 Å². The van der Waals surface area contributed by atoms with Gasteiger partial charge in [-0.2, -0.15) is 5.26 Å². The first-order valence-electron chi connectivity index (χ1n) is 6.21. The Balaban J connectivity index is 2.03. The molecule has 1 fully saturated rings. The van der Waals surface area contributed by atoms with Crippen molar-refractivity contribution < 1.29 is 8.42 Å². The van der Waals surface area contributed by atoms with Crippen LogP contribution in [0.15, 0.2) is 23.4 Å². The summed E-state index contributed by atoms with van der Waals surface area (Å²) in [7, 11) is -3.64. The second-order valence-electron chi connectivity index (χ2n) is 4.49. The Bertz CT molecular complexity index is 574. The van der Waals surface area contributed by atoms with Gasteiger partial charge in [-0.25, -0.2) is 18.1 Å². The first-order valence-corrected chi connectivity index (χ1v) is 7.69. The van der Waals surface area contributed by atoms with Crippen molar-refractivity contribution in [3.05, 3.63) is 23.9 Å². The maximum atomic E-state index is 12.0. The van der Waals surface area contributed by atoms with E-state index in [1.165, 1.54) is 18.3 Å². The van der Waals surface area contributed by atoms with Crippen LogP contribution in [0.25, 0.3) is 0 Å². The van der Waals surface area contributed by atoms with E-state index in [0.29, 0.717) is 6.54 Å². The molecule has 7 heteroatoms. The van der Waals surface area contributed by atoms with E-state index in [-0.39, 0.29) is 16.6 Å². The number of sulfonamides is 1. The van der Waals surface area contributed by atoms with Gasteiger partial charge in [0.25, 0.3) is 10.0 Å². The average Bonchev–Trinajstić information content (AvgIpc) is 2.46. The van der Waals surface area contributed by atoms with Gasteiger partial charge in [-0.05, 0) is 31.5 Å². The molecule has 1 aromatic rings. The van der Waals surface area contributed by atoms with E-state index in [1.807, 2.05) is 6.07 Å². The molecule has 102 valence electrons. The third-order valence-electron chi connectivity index (χ3n) is 3.07. The largest absolute Gasteiger partial charge is 0.313 e. The van der Waals surface area contributed by atoms with E-state index in [9.17, 15) is 8.42 Å².